The van der Waals surface area contributed by atoms with Gasteiger partial charge in [-0.05, 0) is 69.7 Å². The molecule has 33 heavy (non-hydrogen) atoms. The molecule has 0 radical (unpaired) electrons. The van der Waals surface area contributed by atoms with E-state index in [9.17, 15) is 18.0 Å². The molecule has 4 rings (SSSR count). The maximum Gasteiger partial charge on any atom is 0.251 e. The van der Waals surface area contributed by atoms with Crippen molar-refractivity contribution < 1.29 is 18.0 Å². The van der Waals surface area contributed by atoms with Crippen molar-refractivity contribution in [1.82, 2.24) is 14.9 Å². The van der Waals surface area contributed by atoms with Crippen LogP contribution in [-0.4, -0.2) is 49.2 Å². The van der Waals surface area contributed by atoms with E-state index in [1.165, 1.54) is 4.31 Å². The Balaban J connectivity index is 1.31. The molecule has 2 amide bonds. The molecule has 7 nitrogen and oxygen atoms in total. The third-order valence-electron chi connectivity index (χ3n) is 6.58. The summed E-state index contributed by atoms with van der Waals surface area (Å²) in [6.07, 6.45) is 4.26. The standard InChI is InChI=1S/C25H31N3O4S/c1-18-9-15-22(16-10-18)33(31,32)28-17-5-8-23(28)25(30)27-21-13-11-20(12-14-21)26-24(29)19-6-3-2-4-7-19/h2-4,6-7,9-10,15-16,20-21,23H,5,8,11-14,17H2,1H3,(H,26,29)(H,27,30)/t20?,21?,23-/m0/s1. The molecule has 1 heterocycles. The van der Waals surface area contributed by atoms with E-state index >= 15 is 0 Å². The fraction of sp³-hybridized carbons (Fsp3) is 0.440. The van der Waals surface area contributed by atoms with Crippen molar-refractivity contribution >= 4 is 21.8 Å². The Labute approximate surface area is 195 Å². The van der Waals surface area contributed by atoms with Gasteiger partial charge in [-0.3, -0.25) is 9.59 Å². The van der Waals surface area contributed by atoms with Crippen molar-refractivity contribution in [2.45, 2.75) is 68.5 Å². The minimum absolute atomic E-state index is 0.00749. The molecule has 1 atom stereocenters. The van der Waals surface area contributed by atoms with Gasteiger partial charge in [0.15, 0.2) is 0 Å². The highest BCUT2D eigenvalue weighted by Gasteiger charge is 2.40. The Morgan fingerprint density at radius 1 is 0.848 bits per heavy atom. The van der Waals surface area contributed by atoms with Crippen molar-refractivity contribution in [3.05, 3.63) is 65.7 Å². The molecule has 0 unspecified atom stereocenters. The maximum absolute atomic E-state index is 13.1. The third-order valence-corrected chi connectivity index (χ3v) is 8.50. The number of amides is 2. The van der Waals surface area contributed by atoms with Crippen molar-refractivity contribution in [3.63, 3.8) is 0 Å². The summed E-state index contributed by atoms with van der Waals surface area (Å²) in [6.45, 7) is 2.26. The monoisotopic (exact) mass is 469 g/mol. The summed E-state index contributed by atoms with van der Waals surface area (Å²) < 4.78 is 27.6. The predicted molar refractivity (Wildman–Crippen MR) is 126 cm³/mol. The Bertz CT molecular complexity index is 1080. The van der Waals surface area contributed by atoms with E-state index in [2.05, 4.69) is 10.6 Å². The van der Waals surface area contributed by atoms with Crippen LogP contribution in [0.5, 0.6) is 0 Å². The first-order valence-corrected chi connectivity index (χ1v) is 13.0. The topological polar surface area (TPSA) is 95.6 Å². The molecule has 2 N–H and O–H groups in total. The highest BCUT2D eigenvalue weighted by Crippen LogP contribution is 2.27. The van der Waals surface area contributed by atoms with Gasteiger partial charge in [-0.25, -0.2) is 8.42 Å². The summed E-state index contributed by atoms with van der Waals surface area (Å²) in [5, 5.41) is 6.15. The lowest BCUT2D eigenvalue weighted by molar-refractivity contribution is -0.125. The van der Waals surface area contributed by atoms with Crippen LogP contribution in [0.25, 0.3) is 0 Å². The predicted octanol–water partition coefficient (Wildman–Crippen LogP) is 3.01. The molecule has 176 valence electrons. The largest absolute Gasteiger partial charge is 0.352 e. The first-order valence-electron chi connectivity index (χ1n) is 11.6. The van der Waals surface area contributed by atoms with E-state index in [0.717, 1.165) is 31.2 Å². The van der Waals surface area contributed by atoms with Crippen LogP contribution >= 0.6 is 0 Å². The first-order chi connectivity index (χ1) is 15.8. The zero-order valence-electron chi connectivity index (χ0n) is 18.9. The number of hydrogen-bond acceptors (Lipinski definition) is 4. The summed E-state index contributed by atoms with van der Waals surface area (Å²) in [7, 11) is -3.71. The Kier molecular flexibility index (Phi) is 7.14. The Morgan fingerprint density at radius 2 is 1.45 bits per heavy atom. The van der Waals surface area contributed by atoms with Gasteiger partial charge in [0.1, 0.15) is 6.04 Å². The number of nitrogens with one attached hydrogen (secondary N) is 2. The molecule has 0 bridgehead atoms. The van der Waals surface area contributed by atoms with Gasteiger partial charge in [-0.1, -0.05) is 35.9 Å². The van der Waals surface area contributed by atoms with Gasteiger partial charge in [0.2, 0.25) is 15.9 Å². The van der Waals surface area contributed by atoms with Gasteiger partial charge in [0, 0.05) is 24.2 Å². The lowest BCUT2D eigenvalue weighted by Gasteiger charge is -2.31. The van der Waals surface area contributed by atoms with Crippen LogP contribution in [0.3, 0.4) is 0 Å². The molecule has 2 aromatic carbocycles. The smallest absolute Gasteiger partial charge is 0.251 e. The number of carbonyl (C=O) groups excluding carboxylic acids is 2. The minimum Gasteiger partial charge on any atom is -0.352 e. The number of hydrogen-bond donors (Lipinski definition) is 2. The molecular formula is C25H31N3O4S. The lowest BCUT2D eigenvalue weighted by Crippen LogP contribution is -2.50. The zero-order chi connectivity index (χ0) is 23.4. The summed E-state index contributed by atoms with van der Waals surface area (Å²) in [5.74, 6) is -0.300. The van der Waals surface area contributed by atoms with Crippen LogP contribution in [0.1, 0.15) is 54.4 Å². The second-order valence-electron chi connectivity index (χ2n) is 8.98. The summed E-state index contributed by atoms with van der Waals surface area (Å²) >= 11 is 0. The van der Waals surface area contributed by atoms with Crippen molar-refractivity contribution in [3.8, 4) is 0 Å². The molecule has 1 aliphatic carbocycles. The molecule has 2 aromatic rings. The van der Waals surface area contributed by atoms with Crippen LogP contribution in [0.15, 0.2) is 59.5 Å². The normalized spacial score (nSPS) is 23.7. The van der Waals surface area contributed by atoms with Gasteiger partial charge in [0.25, 0.3) is 5.91 Å². The number of aryl methyl sites for hydroxylation is 1. The highest BCUT2D eigenvalue weighted by atomic mass is 32.2. The Hall–Kier alpha value is -2.71. The molecule has 8 heteroatoms. The highest BCUT2D eigenvalue weighted by molar-refractivity contribution is 7.89. The first kappa shape index (κ1) is 23.4. The van der Waals surface area contributed by atoms with Crippen LogP contribution in [-0.2, 0) is 14.8 Å². The molecule has 1 aliphatic heterocycles. The van der Waals surface area contributed by atoms with E-state index in [1.807, 2.05) is 25.1 Å². The lowest BCUT2D eigenvalue weighted by atomic mass is 9.90. The van der Waals surface area contributed by atoms with Gasteiger partial charge in [0.05, 0.1) is 4.90 Å². The number of carbonyl (C=O) groups is 2. The zero-order valence-corrected chi connectivity index (χ0v) is 19.7. The average molecular weight is 470 g/mol. The quantitative estimate of drug-likeness (QED) is 0.680. The molecule has 1 saturated carbocycles. The summed E-state index contributed by atoms with van der Waals surface area (Å²) in [5.41, 5.74) is 1.63. The molecule has 2 fully saturated rings. The number of benzene rings is 2. The van der Waals surface area contributed by atoms with Crippen molar-refractivity contribution in [1.29, 1.82) is 0 Å². The average Bonchev–Trinajstić information content (AvgIpc) is 3.32. The van der Waals surface area contributed by atoms with Crippen LogP contribution in [0, 0.1) is 6.92 Å². The van der Waals surface area contributed by atoms with E-state index in [0.29, 0.717) is 24.9 Å². The van der Waals surface area contributed by atoms with Crippen LogP contribution in [0.4, 0.5) is 0 Å². The fourth-order valence-electron chi connectivity index (χ4n) is 4.67. The maximum atomic E-state index is 13.1. The summed E-state index contributed by atoms with van der Waals surface area (Å²) in [4.78, 5) is 25.6. The molecule has 0 aromatic heterocycles. The molecule has 1 saturated heterocycles. The number of sulfonamides is 1. The van der Waals surface area contributed by atoms with Crippen LogP contribution in [0.2, 0.25) is 0 Å². The van der Waals surface area contributed by atoms with Crippen molar-refractivity contribution in [2.75, 3.05) is 6.54 Å². The van der Waals surface area contributed by atoms with Gasteiger partial charge >= 0.3 is 0 Å². The van der Waals surface area contributed by atoms with Crippen LogP contribution < -0.4 is 10.6 Å². The number of rotatable bonds is 6. The SMILES string of the molecule is Cc1ccc(S(=O)(=O)N2CCC[C@H]2C(=O)NC2CCC(NC(=O)c3ccccc3)CC2)cc1. The van der Waals surface area contributed by atoms with Gasteiger partial charge in [-0.2, -0.15) is 4.31 Å². The van der Waals surface area contributed by atoms with E-state index in [4.69, 9.17) is 0 Å². The van der Waals surface area contributed by atoms with E-state index < -0.39 is 16.1 Å². The van der Waals surface area contributed by atoms with E-state index in [-0.39, 0.29) is 28.8 Å². The van der Waals surface area contributed by atoms with Crippen molar-refractivity contribution in [2.24, 2.45) is 0 Å². The fourth-order valence-corrected chi connectivity index (χ4v) is 6.33. The van der Waals surface area contributed by atoms with E-state index in [1.54, 1.807) is 36.4 Å². The summed E-state index contributed by atoms with van der Waals surface area (Å²) in [6, 6.07) is 15.3. The Morgan fingerprint density at radius 3 is 2.09 bits per heavy atom. The number of nitrogens with zero attached hydrogens (tertiary/aromatic N) is 1. The second-order valence-corrected chi connectivity index (χ2v) is 10.9. The molecular weight excluding hydrogens is 438 g/mol. The third kappa shape index (κ3) is 5.45. The molecule has 0 spiro atoms. The van der Waals surface area contributed by atoms with Gasteiger partial charge in [-0.15, -0.1) is 0 Å². The van der Waals surface area contributed by atoms with Gasteiger partial charge < -0.3 is 10.6 Å². The molecule has 2 aliphatic rings. The second kappa shape index (κ2) is 10.1. The minimum atomic E-state index is -3.71.